The van der Waals surface area contributed by atoms with E-state index in [4.69, 9.17) is 0 Å². The van der Waals surface area contributed by atoms with Gasteiger partial charge in [0.15, 0.2) is 0 Å². The molecule has 2 N–H and O–H groups in total. The van der Waals surface area contributed by atoms with Crippen LogP contribution in [0.3, 0.4) is 0 Å². The molecule has 104 valence electrons. The predicted octanol–water partition coefficient (Wildman–Crippen LogP) is 1.12. The Kier molecular flexibility index (Phi) is 4.62. The minimum atomic E-state index is 0.0235. The van der Waals surface area contributed by atoms with Crippen LogP contribution in [0.25, 0.3) is 0 Å². The summed E-state index contributed by atoms with van der Waals surface area (Å²) in [6.45, 7) is 5.66. The molecule has 2 aliphatic rings. The number of nitrogens with one attached hydrogen (secondary N) is 2. The number of hydrogen-bond donors (Lipinski definition) is 2. The molecule has 4 nitrogen and oxygen atoms in total. The van der Waals surface area contributed by atoms with Crippen molar-refractivity contribution in [1.29, 1.82) is 0 Å². The lowest BCUT2D eigenvalue weighted by molar-refractivity contribution is -0.122. The molecule has 2 rings (SSSR count). The van der Waals surface area contributed by atoms with Gasteiger partial charge in [0, 0.05) is 31.7 Å². The van der Waals surface area contributed by atoms with Crippen LogP contribution in [-0.2, 0) is 4.79 Å². The van der Waals surface area contributed by atoms with Crippen LogP contribution in [-0.4, -0.2) is 48.6 Å². The topological polar surface area (TPSA) is 44.4 Å². The van der Waals surface area contributed by atoms with Gasteiger partial charge in [-0.25, -0.2) is 0 Å². The monoisotopic (exact) mass is 253 g/mol. The molecule has 1 heterocycles. The Bertz CT molecular complexity index is 289. The third-order valence-corrected chi connectivity index (χ3v) is 4.44. The molecular weight excluding hydrogens is 226 g/mol. The van der Waals surface area contributed by atoms with E-state index < -0.39 is 0 Å². The van der Waals surface area contributed by atoms with Gasteiger partial charge in [0.05, 0.1) is 6.04 Å². The first kappa shape index (κ1) is 13.8. The molecule has 0 aromatic rings. The average molecular weight is 253 g/mol. The number of carbonyl (C=O) groups is 1. The van der Waals surface area contributed by atoms with Crippen molar-refractivity contribution in [1.82, 2.24) is 15.5 Å². The van der Waals surface area contributed by atoms with Crippen LogP contribution in [0.2, 0.25) is 0 Å². The summed E-state index contributed by atoms with van der Waals surface area (Å²) in [4.78, 5) is 14.2. The van der Waals surface area contributed by atoms with Crippen molar-refractivity contribution in [2.45, 2.75) is 70.1 Å². The zero-order chi connectivity index (χ0) is 13.1. The molecule has 0 spiro atoms. The van der Waals surface area contributed by atoms with Crippen molar-refractivity contribution in [3.05, 3.63) is 0 Å². The first-order chi connectivity index (χ1) is 8.61. The highest BCUT2D eigenvalue weighted by Gasteiger charge is 2.33. The molecule has 1 aliphatic carbocycles. The van der Waals surface area contributed by atoms with E-state index >= 15 is 0 Å². The maximum atomic E-state index is 11.6. The second-order valence-corrected chi connectivity index (χ2v) is 5.98. The maximum absolute atomic E-state index is 11.6. The molecule has 2 fully saturated rings. The summed E-state index contributed by atoms with van der Waals surface area (Å²) in [7, 11) is 1.71. The third-order valence-electron chi connectivity index (χ3n) is 4.44. The average Bonchev–Trinajstić information content (AvgIpc) is 2.73. The zero-order valence-corrected chi connectivity index (χ0v) is 11.9. The fourth-order valence-corrected chi connectivity index (χ4v) is 3.10. The van der Waals surface area contributed by atoms with Crippen LogP contribution in [0.5, 0.6) is 0 Å². The molecule has 0 bridgehead atoms. The van der Waals surface area contributed by atoms with Crippen LogP contribution in [0.4, 0.5) is 0 Å². The Morgan fingerprint density at radius 3 is 2.56 bits per heavy atom. The van der Waals surface area contributed by atoms with Gasteiger partial charge in [-0.05, 0) is 39.5 Å². The summed E-state index contributed by atoms with van der Waals surface area (Å²) in [5.41, 5.74) is 0. The van der Waals surface area contributed by atoms with Crippen molar-refractivity contribution < 1.29 is 4.79 Å². The Balaban J connectivity index is 1.83. The van der Waals surface area contributed by atoms with Crippen LogP contribution < -0.4 is 10.6 Å². The molecule has 1 amide bonds. The minimum absolute atomic E-state index is 0.0235. The Morgan fingerprint density at radius 1 is 1.33 bits per heavy atom. The molecule has 4 heteroatoms. The smallest absolute Gasteiger partial charge is 0.236 e. The Morgan fingerprint density at radius 2 is 2.06 bits per heavy atom. The van der Waals surface area contributed by atoms with E-state index in [9.17, 15) is 4.79 Å². The van der Waals surface area contributed by atoms with E-state index in [1.54, 1.807) is 7.05 Å². The highest BCUT2D eigenvalue weighted by molar-refractivity contribution is 5.81. The van der Waals surface area contributed by atoms with Gasteiger partial charge in [-0.1, -0.05) is 6.42 Å². The van der Waals surface area contributed by atoms with Crippen molar-refractivity contribution >= 4 is 5.91 Å². The van der Waals surface area contributed by atoms with E-state index in [-0.39, 0.29) is 11.9 Å². The summed E-state index contributed by atoms with van der Waals surface area (Å²) >= 11 is 0. The predicted molar refractivity (Wildman–Crippen MR) is 73.5 cm³/mol. The Hall–Kier alpha value is -0.610. The van der Waals surface area contributed by atoms with E-state index in [1.165, 1.54) is 19.3 Å². The van der Waals surface area contributed by atoms with E-state index in [0.717, 1.165) is 25.4 Å². The molecule has 1 aliphatic heterocycles. The standard InChI is InChI=1S/C14H27N3O/c1-10(2)17(12-5-4-6-12)9-11-7-8-13(16-11)14(18)15-3/h10-13,16H,4-9H2,1-3H3,(H,15,18). The first-order valence-electron chi connectivity index (χ1n) is 7.35. The number of hydrogen-bond acceptors (Lipinski definition) is 3. The zero-order valence-electron chi connectivity index (χ0n) is 11.9. The Labute approximate surface area is 110 Å². The fourth-order valence-electron chi connectivity index (χ4n) is 3.10. The van der Waals surface area contributed by atoms with Gasteiger partial charge in [-0.15, -0.1) is 0 Å². The van der Waals surface area contributed by atoms with Gasteiger partial charge in [-0.2, -0.15) is 0 Å². The SMILES string of the molecule is CNC(=O)C1CCC(CN(C(C)C)C2CCC2)N1. The second kappa shape index (κ2) is 6.02. The maximum Gasteiger partial charge on any atom is 0.236 e. The molecular formula is C14H27N3O. The van der Waals surface area contributed by atoms with Crippen LogP contribution in [0.15, 0.2) is 0 Å². The summed E-state index contributed by atoms with van der Waals surface area (Å²) in [5.74, 6) is 0.136. The van der Waals surface area contributed by atoms with E-state index in [1.807, 2.05) is 0 Å². The molecule has 1 saturated heterocycles. The molecule has 2 unspecified atom stereocenters. The van der Waals surface area contributed by atoms with Gasteiger partial charge in [0.25, 0.3) is 0 Å². The molecule has 0 aromatic carbocycles. The summed E-state index contributed by atoms with van der Waals surface area (Å²) in [6, 6.07) is 1.90. The van der Waals surface area contributed by atoms with Gasteiger partial charge in [0.1, 0.15) is 0 Å². The van der Waals surface area contributed by atoms with Crippen LogP contribution in [0.1, 0.15) is 46.0 Å². The molecule has 0 aromatic heterocycles. The number of amides is 1. The highest BCUT2D eigenvalue weighted by atomic mass is 16.2. The molecule has 2 atom stereocenters. The van der Waals surface area contributed by atoms with Gasteiger partial charge in [-0.3, -0.25) is 9.69 Å². The molecule has 1 saturated carbocycles. The number of nitrogens with zero attached hydrogens (tertiary/aromatic N) is 1. The van der Waals surface area contributed by atoms with Gasteiger partial charge < -0.3 is 10.6 Å². The van der Waals surface area contributed by atoms with Crippen molar-refractivity contribution in [2.75, 3.05) is 13.6 Å². The molecule has 0 radical (unpaired) electrons. The van der Waals surface area contributed by atoms with Gasteiger partial charge in [0.2, 0.25) is 5.91 Å². The highest BCUT2D eigenvalue weighted by Crippen LogP contribution is 2.27. The fraction of sp³-hybridized carbons (Fsp3) is 0.929. The lowest BCUT2D eigenvalue weighted by Gasteiger charge is -2.41. The summed E-state index contributed by atoms with van der Waals surface area (Å²) in [5, 5.41) is 6.21. The van der Waals surface area contributed by atoms with Crippen molar-refractivity contribution in [3.8, 4) is 0 Å². The van der Waals surface area contributed by atoms with Gasteiger partial charge >= 0.3 is 0 Å². The normalized spacial score (nSPS) is 28.7. The number of carbonyl (C=O) groups excluding carboxylic acids is 1. The lowest BCUT2D eigenvalue weighted by Crippen LogP contribution is -2.51. The number of rotatable bonds is 5. The van der Waals surface area contributed by atoms with Crippen molar-refractivity contribution in [3.63, 3.8) is 0 Å². The number of likely N-dealkylation sites (N-methyl/N-ethyl adjacent to an activating group) is 1. The van der Waals surface area contributed by atoms with Crippen LogP contribution in [0, 0.1) is 0 Å². The van der Waals surface area contributed by atoms with Crippen LogP contribution >= 0.6 is 0 Å². The minimum Gasteiger partial charge on any atom is -0.358 e. The van der Waals surface area contributed by atoms with Crippen molar-refractivity contribution in [2.24, 2.45) is 0 Å². The second-order valence-electron chi connectivity index (χ2n) is 5.98. The largest absolute Gasteiger partial charge is 0.358 e. The lowest BCUT2D eigenvalue weighted by atomic mass is 9.90. The first-order valence-corrected chi connectivity index (χ1v) is 7.35. The summed E-state index contributed by atoms with van der Waals surface area (Å²) in [6.07, 6.45) is 6.18. The van der Waals surface area contributed by atoms with E-state index in [0.29, 0.717) is 12.1 Å². The quantitative estimate of drug-likeness (QED) is 0.771. The third kappa shape index (κ3) is 3.04. The summed E-state index contributed by atoms with van der Waals surface area (Å²) < 4.78 is 0. The molecule has 18 heavy (non-hydrogen) atoms. The van der Waals surface area contributed by atoms with E-state index in [2.05, 4.69) is 29.4 Å².